The Morgan fingerprint density at radius 3 is 2.68 bits per heavy atom. The molecule has 0 aliphatic rings. The Hall–Kier alpha value is -2.02. The van der Waals surface area contributed by atoms with Crippen molar-refractivity contribution < 1.29 is 4.79 Å². The monoisotopic (exact) mass is 259 g/mol. The number of hydrogen-bond acceptors (Lipinski definition) is 3. The van der Waals surface area contributed by atoms with Crippen LogP contribution in [0.25, 0.3) is 0 Å². The lowest BCUT2D eigenvalue weighted by atomic mass is 10.1. The topological polar surface area (TPSA) is 56.1 Å². The van der Waals surface area contributed by atoms with Gasteiger partial charge in [-0.15, -0.1) is 0 Å². The third-order valence-corrected chi connectivity index (χ3v) is 3.00. The molecule has 1 N–H and O–H groups in total. The van der Waals surface area contributed by atoms with Crippen LogP contribution < -0.4 is 5.32 Å². The Labute approximate surface area is 115 Å². The predicted octanol–water partition coefficient (Wildman–Crippen LogP) is 2.80. The van der Waals surface area contributed by atoms with E-state index in [4.69, 9.17) is 5.26 Å². The molecule has 1 aromatic carbocycles. The molecule has 19 heavy (non-hydrogen) atoms. The number of nitriles is 1. The molecule has 0 radical (unpaired) electrons. The zero-order chi connectivity index (χ0) is 14.3. The minimum absolute atomic E-state index is 0.00158. The Morgan fingerprint density at radius 2 is 2.16 bits per heavy atom. The van der Waals surface area contributed by atoms with Crippen molar-refractivity contribution >= 4 is 11.6 Å². The number of amides is 1. The Morgan fingerprint density at radius 1 is 1.42 bits per heavy atom. The largest absolute Gasteiger partial charge is 0.385 e. The van der Waals surface area contributed by atoms with Gasteiger partial charge in [-0.25, -0.2) is 0 Å². The Bertz CT molecular complexity index is 477. The van der Waals surface area contributed by atoms with Crippen molar-refractivity contribution in [3.8, 4) is 6.07 Å². The van der Waals surface area contributed by atoms with Gasteiger partial charge in [0, 0.05) is 30.9 Å². The van der Waals surface area contributed by atoms with Gasteiger partial charge in [-0.3, -0.25) is 4.79 Å². The van der Waals surface area contributed by atoms with E-state index < -0.39 is 0 Å². The molecular weight excluding hydrogens is 238 g/mol. The maximum atomic E-state index is 12.4. The summed E-state index contributed by atoms with van der Waals surface area (Å²) in [5.41, 5.74) is 2.69. The van der Waals surface area contributed by atoms with E-state index in [-0.39, 0.29) is 5.91 Å². The van der Waals surface area contributed by atoms with Gasteiger partial charge >= 0.3 is 0 Å². The normalized spacial score (nSPS) is 9.79. The predicted molar refractivity (Wildman–Crippen MR) is 77.2 cm³/mol. The Balaban J connectivity index is 2.89. The SMILES string of the molecule is CCNc1ccc(C(=O)N(CC)CCC#N)c(C)c1. The van der Waals surface area contributed by atoms with Crippen molar-refractivity contribution in [1.82, 2.24) is 4.90 Å². The molecule has 1 rings (SSSR count). The fourth-order valence-corrected chi connectivity index (χ4v) is 1.98. The number of nitrogens with one attached hydrogen (secondary N) is 1. The van der Waals surface area contributed by atoms with Crippen LogP contribution in [0.4, 0.5) is 5.69 Å². The summed E-state index contributed by atoms with van der Waals surface area (Å²) in [6, 6.07) is 7.83. The van der Waals surface area contributed by atoms with Crippen molar-refractivity contribution in [3.05, 3.63) is 29.3 Å². The summed E-state index contributed by atoms with van der Waals surface area (Å²) in [4.78, 5) is 14.1. The maximum absolute atomic E-state index is 12.4. The summed E-state index contributed by atoms with van der Waals surface area (Å²) in [6.07, 6.45) is 0.369. The van der Waals surface area contributed by atoms with Crippen molar-refractivity contribution in [2.24, 2.45) is 0 Å². The van der Waals surface area contributed by atoms with Crippen molar-refractivity contribution in [1.29, 1.82) is 5.26 Å². The fourth-order valence-electron chi connectivity index (χ4n) is 1.98. The van der Waals surface area contributed by atoms with E-state index in [1.807, 2.05) is 39.0 Å². The van der Waals surface area contributed by atoms with Gasteiger partial charge in [0.05, 0.1) is 12.5 Å². The van der Waals surface area contributed by atoms with Crippen LogP contribution in [0.2, 0.25) is 0 Å². The molecule has 1 aromatic rings. The minimum Gasteiger partial charge on any atom is -0.385 e. The van der Waals surface area contributed by atoms with Crippen molar-refractivity contribution in [3.63, 3.8) is 0 Å². The number of carbonyl (C=O) groups excluding carboxylic acids is 1. The Kier molecular flexibility index (Phi) is 5.87. The molecule has 0 fully saturated rings. The van der Waals surface area contributed by atoms with E-state index in [9.17, 15) is 4.79 Å². The smallest absolute Gasteiger partial charge is 0.254 e. The van der Waals surface area contributed by atoms with Gasteiger partial charge in [0.1, 0.15) is 0 Å². The van der Waals surface area contributed by atoms with E-state index in [1.165, 1.54) is 0 Å². The highest BCUT2D eigenvalue weighted by molar-refractivity contribution is 5.96. The summed E-state index contributed by atoms with van der Waals surface area (Å²) < 4.78 is 0. The zero-order valence-corrected chi connectivity index (χ0v) is 11.9. The van der Waals surface area contributed by atoms with E-state index >= 15 is 0 Å². The first-order valence-electron chi connectivity index (χ1n) is 6.64. The average Bonchev–Trinajstić information content (AvgIpc) is 2.40. The molecule has 0 heterocycles. The fraction of sp³-hybridized carbons (Fsp3) is 0.467. The van der Waals surface area contributed by atoms with Gasteiger partial charge in [0.15, 0.2) is 0 Å². The first kappa shape index (κ1) is 15.0. The highest BCUT2D eigenvalue weighted by Crippen LogP contribution is 2.17. The first-order valence-corrected chi connectivity index (χ1v) is 6.64. The maximum Gasteiger partial charge on any atom is 0.254 e. The standard InChI is InChI=1S/C15H21N3O/c1-4-17-13-7-8-14(12(3)11-13)15(19)18(5-2)10-6-9-16/h7-8,11,17H,4-6,10H2,1-3H3. The van der Waals surface area contributed by atoms with Gasteiger partial charge in [-0.1, -0.05) is 0 Å². The summed E-state index contributed by atoms with van der Waals surface area (Å²) in [5.74, 6) is -0.00158. The molecule has 0 saturated heterocycles. The van der Waals surface area contributed by atoms with Crippen LogP contribution in [-0.4, -0.2) is 30.4 Å². The van der Waals surface area contributed by atoms with Crippen LogP contribution in [0.3, 0.4) is 0 Å². The third-order valence-electron chi connectivity index (χ3n) is 3.00. The molecule has 102 valence electrons. The molecule has 0 bridgehead atoms. The third kappa shape index (κ3) is 3.99. The molecule has 1 amide bonds. The molecule has 0 aromatic heterocycles. The lowest BCUT2D eigenvalue weighted by molar-refractivity contribution is 0.0767. The molecule has 0 aliphatic carbocycles. The molecule has 0 spiro atoms. The van der Waals surface area contributed by atoms with Crippen LogP contribution in [-0.2, 0) is 0 Å². The average molecular weight is 259 g/mol. The highest BCUT2D eigenvalue weighted by Gasteiger charge is 2.15. The van der Waals surface area contributed by atoms with Gasteiger partial charge in [0.25, 0.3) is 5.91 Å². The molecule has 0 aliphatic heterocycles. The van der Waals surface area contributed by atoms with Crippen LogP contribution >= 0.6 is 0 Å². The van der Waals surface area contributed by atoms with E-state index in [0.29, 0.717) is 25.1 Å². The summed E-state index contributed by atoms with van der Waals surface area (Å²) >= 11 is 0. The van der Waals surface area contributed by atoms with E-state index in [1.54, 1.807) is 4.90 Å². The van der Waals surface area contributed by atoms with Gasteiger partial charge in [0.2, 0.25) is 0 Å². The number of benzene rings is 1. The molecule has 0 unspecified atom stereocenters. The molecule has 4 nitrogen and oxygen atoms in total. The van der Waals surface area contributed by atoms with Crippen LogP contribution in [0.15, 0.2) is 18.2 Å². The number of carbonyl (C=O) groups is 1. The van der Waals surface area contributed by atoms with Crippen LogP contribution in [0.1, 0.15) is 36.2 Å². The highest BCUT2D eigenvalue weighted by atomic mass is 16.2. The zero-order valence-electron chi connectivity index (χ0n) is 11.9. The molecule has 0 saturated carbocycles. The second kappa shape index (κ2) is 7.42. The number of rotatable bonds is 6. The van der Waals surface area contributed by atoms with Gasteiger partial charge in [-0.05, 0) is 44.5 Å². The number of hydrogen-bond donors (Lipinski definition) is 1. The van der Waals surface area contributed by atoms with Crippen LogP contribution in [0.5, 0.6) is 0 Å². The first-order chi connectivity index (χ1) is 9.13. The lowest BCUT2D eigenvalue weighted by Crippen LogP contribution is -2.32. The van der Waals surface area contributed by atoms with Gasteiger partial charge in [-0.2, -0.15) is 5.26 Å². The molecule has 4 heteroatoms. The number of nitrogens with zero attached hydrogens (tertiary/aromatic N) is 2. The van der Waals surface area contributed by atoms with E-state index in [0.717, 1.165) is 17.8 Å². The molecular formula is C15H21N3O. The minimum atomic E-state index is -0.00158. The van der Waals surface area contributed by atoms with Crippen molar-refractivity contribution in [2.45, 2.75) is 27.2 Å². The lowest BCUT2D eigenvalue weighted by Gasteiger charge is -2.21. The summed E-state index contributed by atoms with van der Waals surface area (Å²) in [6.45, 7) is 7.87. The number of anilines is 1. The second-order valence-electron chi connectivity index (χ2n) is 4.35. The number of aryl methyl sites for hydroxylation is 1. The second-order valence-corrected chi connectivity index (χ2v) is 4.35. The van der Waals surface area contributed by atoms with Crippen LogP contribution in [0, 0.1) is 18.3 Å². The molecule has 0 atom stereocenters. The summed E-state index contributed by atoms with van der Waals surface area (Å²) in [5, 5.41) is 11.8. The van der Waals surface area contributed by atoms with Gasteiger partial charge < -0.3 is 10.2 Å². The summed E-state index contributed by atoms with van der Waals surface area (Å²) in [7, 11) is 0. The van der Waals surface area contributed by atoms with E-state index in [2.05, 4.69) is 11.4 Å². The quantitative estimate of drug-likeness (QED) is 0.854. The van der Waals surface area contributed by atoms with Crippen molar-refractivity contribution in [2.75, 3.05) is 25.0 Å².